The standard InChI is InChI=1S/C22H23ClN4O2.C4H8O2/c1-29-21-5-3-14(10-16(21)13-24)19-12-18(23)17-4-2-15(11-20(17)26-19)22(28)27-8-6-25-7-9-27;1-2-3-4(5)6/h2-5,10-12,25H,6-9,13,24H2,1H3;2-3H2,1H3,(H,5,6). The monoisotopic (exact) mass is 498 g/mol. The van der Waals surface area contributed by atoms with Gasteiger partial charge in [0, 0.05) is 61.2 Å². The van der Waals surface area contributed by atoms with Gasteiger partial charge in [-0.2, -0.15) is 0 Å². The van der Waals surface area contributed by atoms with Gasteiger partial charge in [-0.3, -0.25) is 9.59 Å². The third-order valence-electron chi connectivity index (χ3n) is 5.67. The molecule has 0 aliphatic carbocycles. The summed E-state index contributed by atoms with van der Waals surface area (Å²) in [5, 5.41) is 12.6. The Kier molecular flexibility index (Phi) is 9.42. The van der Waals surface area contributed by atoms with E-state index in [1.54, 1.807) is 7.11 Å². The zero-order valence-corrected chi connectivity index (χ0v) is 20.8. The molecule has 1 aromatic heterocycles. The van der Waals surface area contributed by atoms with Crippen LogP contribution >= 0.6 is 11.6 Å². The number of hydrogen-bond acceptors (Lipinski definition) is 6. The number of nitrogens with two attached hydrogens (primary N) is 1. The van der Waals surface area contributed by atoms with Crippen molar-refractivity contribution in [2.24, 2.45) is 5.73 Å². The van der Waals surface area contributed by atoms with Crippen molar-refractivity contribution in [1.82, 2.24) is 15.2 Å². The van der Waals surface area contributed by atoms with Crippen LogP contribution in [0, 0.1) is 0 Å². The minimum atomic E-state index is -0.711. The first-order valence-corrected chi connectivity index (χ1v) is 11.9. The molecule has 35 heavy (non-hydrogen) atoms. The molecule has 9 heteroatoms. The predicted octanol–water partition coefficient (Wildman–Crippen LogP) is 3.94. The van der Waals surface area contributed by atoms with Gasteiger partial charge in [0.1, 0.15) is 5.75 Å². The smallest absolute Gasteiger partial charge is 0.303 e. The van der Waals surface area contributed by atoms with Crippen molar-refractivity contribution in [3.05, 3.63) is 58.6 Å². The van der Waals surface area contributed by atoms with Crippen LogP contribution < -0.4 is 15.8 Å². The summed E-state index contributed by atoms with van der Waals surface area (Å²) in [6, 6.07) is 13.1. The number of aromatic nitrogens is 1. The Labute approximate surface area is 210 Å². The Morgan fingerprint density at radius 2 is 1.91 bits per heavy atom. The number of fused-ring (bicyclic) bond motifs is 1. The average Bonchev–Trinajstić information content (AvgIpc) is 2.88. The maximum atomic E-state index is 12.8. The summed E-state index contributed by atoms with van der Waals surface area (Å²) in [5.74, 6) is 0.0520. The van der Waals surface area contributed by atoms with E-state index in [4.69, 9.17) is 32.2 Å². The number of halogens is 1. The number of aliphatic carboxylic acids is 1. The van der Waals surface area contributed by atoms with Crippen molar-refractivity contribution in [3.8, 4) is 17.0 Å². The molecule has 3 aromatic rings. The molecule has 8 nitrogen and oxygen atoms in total. The molecule has 1 amide bonds. The number of piperazine rings is 1. The molecule has 1 fully saturated rings. The number of rotatable bonds is 6. The fourth-order valence-electron chi connectivity index (χ4n) is 3.83. The van der Waals surface area contributed by atoms with Gasteiger partial charge in [0.25, 0.3) is 5.91 Å². The van der Waals surface area contributed by atoms with Crippen LogP contribution in [0.2, 0.25) is 5.02 Å². The quantitative estimate of drug-likeness (QED) is 0.471. The number of carboxylic acid groups (broad SMARTS) is 1. The van der Waals surface area contributed by atoms with Crippen molar-refractivity contribution in [2.45, 2.75) is 26.3 Å². The highest BCUT2D eigenvalue weighted by molar-refractivity contribution is 6.35. The summed E-state index contributed by atoms with van der Waals surface area (Å²) >= 11 is 6.53. The molecule has 186 valence electrons. The number of amides is 1. The lowest BCUT2D eigenvalue weighted by atomic mass is 10.0. The number of benzene rings is 2. The van der Waals surface area contributed by atoms with Gasteiger partial charge in [0.05, 0.1) is 23.3 Å². The molecule has 2 aromatic carbocycles. The van der Waals surface area contributed by atoms with Crippen molar-refractivity contribution in [2.75, 3.05) is 33.3 Å². The second-order valence-corrected chi connectivity index (χ2v) is 8.55. The number of nitrogens with zero attached hydrogens (tertiary/aromatic N) is 2. The second kappa shape index (κ2) is 12.5. The third kappa shape index (κ3) is 6.69. The summed E-state index contributed by atoms with van der Waals surface area (Å²) in [5.41, 5.74) is 9.68. The fraction of sp³-hybridized carbons (Fsp3) is 0.346. The molecule has 0 bridgehead atoms. The van der Waals surface area contributed by atoms with Crippen molar-refractivity contribution >= 4 is 34.4 Å². The largest absolute Gasteiger partial charge is 0.496 e. The normalized spacial score (nSPS) is 13.2. The first kappa shape index (κ1) is 26.4. The van der Waals surface area contributed by atoms with Crippen LogP contribution in [0.3, 0.4) is 0 Å². The van der Waals surface area contributed by atoms with E-state index in [0.717, 1.165) is 47.5 Å². The minimum Gasteiger partial charge on any atom is -0.496 e. The maximum absolute atomic E-state index is 12.8. The van der Waals surface area contributed by atoms with Crippen LogP contribution in [0.25, 0.3) is 22.2 Å². The fourth-order valence-corrected chi connectivity index (χ4v) is 4.09. The highest BCUT2D eigenvalue weighted by atomic mass is 35.5. The van der Waals surface area contributed by atoms with Crippen molar-refractivity contribution < 1.29 is 19.4 Å². The SMILES string of the molecule is CCCC(=O)O.COc1ccc(-c2cc(Cl)c3ccc(C(=O)N4CCNCC4)cc3n2)cc1CN. The number of hydrogen-bond donors (Lipinski definition) is 3. The van der Waals surface area contributed by atoms with Crippen molar-refractivity contribution in [1.29, 1.82) is 0 Å². The second-order valence-electron chi connectivity index (χ2n) is 8.14. The lowest BCUT2D eigenvalue weighted by Gasteiger charge is -2.27. The Bertz CT molecular complexity index is 1200. The molecule has 1 aliphatic heterocycles. The molecule has 4 N–H and O–H groups in total. The Hall–Kier alpha value is -3.20. The zero-order chi connectivity index (χ0) is 25.4. The lowest BCUT2D eigenvalue weighted by Crippen LogP contribution is -2.46. The molecule has 0 radical (unpaired) electrons. The number of methoxy groups -OCH3 is 1. The minimum absolute atomic E-state index is 0.0200. The van der Waals surface area contributed by atoms with Crippen LogP contribution in [0.4, 0.5) is 0 Å². The molecule has 2 heterocycles. The summed E-state index contributed by atoms with van der Waals surface area (Å²) < 4.78 is 5.35. The van der Waals surface area contributed by atoms with Gasteiger partial charge >= 0.3 is 5.97 Å². The molecule has 4 rings (SSSR count). The van der Waals surface area contributed by atoms with Gasteiger partial charge in [0.15, 0.2) is 0 Å². The number of ether oxygens (including phenoxy) is 1. The zero-order valence-electron chi connectivity index (χ0n) is 20.0. The number of nitrogens with one attached hydrogen (secondary N) is 1. The number of carboxylic acids is 1. The maximum Gasteiger partial charge on any atom is 0.303 e. The Morgan fingerprint density at radius 3 is 2.51 bits per heavy atom. The summed E-state index contributed by atoms with van der Waals surface area (Å²) in [4.78, 5) is 29.1. The van der Waals surface area contributed by atoms with Crippen LogP contribution in [-0.4, -0.2) is 60.2 Å². The lowest BCUT2D eigenvalue weighted by molar-refractivity contribution is -0.137. The van der Waals surface area contributed by atoms with E-state index in [2.05, 4.69) is 5.32 Å². The van der Waals surface area contributed by atoms with E-state index in [1.807, 2.05) is 54.3 Å². The van der Waals surface area contributed by atoms with E-state index in [0.29, 0.717) is 42.2 Å². The topological polar surface area (TPSA) is 118 Å². The van der Waals surface area contributed by atoms with Crippen LogP contribution in [0.5, 0.6) is 5.75 Å². The van der Waals surface area contributed by atoms with Crippen molar-refractivity contribution in [3.63, 3.8) is 0 Å². The molecule has 0 spiro atoms. The highest BCUT2D eigenvalue weighted by Crippen LogP contribution is 2.31. The summed E-state index contributed by atoms with van der Waals surface area (Å²) in [6.07, 6.45) is 1.02. The molecule has 0 saturated carbocycles. The van der Waals surface area contributed by atoms with Gasteiger partial charge in [-0.25, -0.2) is 4.98 Å². The van der Waals surface area contributed by atoms with Gasteiger partial charge in [-0.1, -0.05) is 24.6 Å². The molecule has 0 unspecified atom stereocenters. The Morgan fingerprint density at radius 1 is 1.17 bits per heavy atom. The van der Waals surface area contributed by atoms with Gasteiger partial charge < -0.3 is 25.8 Å². The van der Waals surface area contributed by atoms with E-state index in [-0.39, 0.29) is 5.91 Å². The summed E-state index contributed by atoms with van der Waals surface area (Å²) in [7, 11) is 1.62. The van der Waals surface area contributed by atoms with Gasteiger partial charge in [0.2, 0.25) is 0 Å². The summed E-state index contributed by atoms with van der Waals surface area (Å²) in [6.45, 7) is 5.25. The highest BCUT2D eigenvalue weighted by Gasteiger charge is 2.19. The average molecular weight is 499 g/mol. The van der Waals surface area contributed by atoms with E-state index in [9.17, 15) is 9.59 Å². The number of carbonyl (C=O) groups is 2. The molecular formula is C26H31ClN4O4. The van der Waals surface area contributed by atoms with Gasteiger partial charge in [-0.05, 0) is 42.8 Å². The molecule has 1 saturated heterocycles. The molecular weight excluding hydrogens is 468 g/mol. The van der Waals surface area contributed by atoms with Crippen LogP contribution in [0.1, 0.15) is 35.7 Å². The van der Waals surface area contributed by atoms with E-state index >= 15 is 0 Å². The first-order chi connectivity index (χ1) is 16.9. The first-order valence-electron chi connectivity index (χ1n) is 11.6. The van der Waals surface area contributed by atoms with Crippen LogP contribution in [0.15, 0.2) is 42.5 Å². The third-order valence-corrected chi connectivity index (χ3v) is 5.98. The van der Waals surface area contributed by atoms with Gasteiger partial charge in [-0.15, -0.1) is 0 Å². The Balaban J connectivity index is 0.000000509. The molecule has 0 atom stereocenters. The van der Waals surface area contributed by atoms with E-state index < -0.39 is 5.97 Å². The predicted molar refractivity (Wildman–Crippen MR) is 138 cm³/mol. The van der Waals surface area contributed by atoms with Crippen LogP contribution in [-0.2, 0) is 11.3 Å². The van der Waals surface area contributed by atoms with E-state index in [1.165, 1.54) is 0 Å². The molecule has 1 aliphatic rings. The number of carbonyl (C=O) groups excluding carboxylic acids is 1. The number of pyridine rings is 1.